The van der Waals surface area contributed by atoms with E-state index in [-0.39, 0.29) is 0 Å². The van der Waals surface area contributed by atoms with Gasteiger partial charge in [0.25, 0.3) is 0 Å². The summed E-state index contributed by atoms with van der Waals surface area (Å²) in [6.45, 7) is 9.06. The standard InChI is InChI=1S/C18H24N2/c1-13(2)17-12-20(14(3)11-19-17)18-10-6-8-15-7-4-5-9-16(15)18/h4-10,13-14,17,19H,11-12H2,1-3H3. The molecule has 0 amide bonds. The third kappa shape index (κ3) is 2.40. The highest BCUT2D eigenvalue weighted by Gasteiger charge is 2.27. The van der Waals surface area contributed by atoms with E-state index >= 15 is 0 Å². The fraction of sp³-hybridized carbons (Fsp3) is 0.444. The zero-order valence-corrected chi connectivity index (χ0v) is 12.6. The fourth-order valence-corrected chi connectivity index (χ4v) is 3.13. The minimum absolute atomic E-state index is 0.538. The van der Waals surface area contributed by atoms with Crippen LogP contribution in [-0.4, -0.2) is 25.2 Å². The van der Waals surface area contributed by atoms with Gasteiger partial charge in [-0.3, -0.25) is 0 Å². The molecule has 106 valence electrons. The van der Waals surface area contributed by atoms with Crippen molar-refractivity contribution in [3.05, 3.63) is 42.5 Å². The average molecular weight is 268 g/mol. The Morgan fingerprint density at radius 1 is 1.10 bits per heavy atom. The van der Waals surface area contributed by atoms with E-state index in [0.29, 0.717) is 18.0 Å². The second kappa shape index (κ2) is 5.45. The van der Waals surface area contributed by atoms with Gasteiger partial charge in [-0.2, -0.15) is 0 Å². The minimum atomic E-state index is 0.538. The molecular formula is C18H24N2. The Hall–Kier alpha value is -1.54. The molecule has 0 aromatic heterocycles. The van der Waals surface area contributed by atoms with Crippen molar-refractivity contribution in [3.63, 3.8) is 0 Å². The van der Waals surface area contributed by atoms with Gasteiger partial charge in [0.05, 0.1) is 0 Å². The highest BCUT2D eigenvalue weighted by atomic mass is 15.2. The molecule has 0 spiro atoms. The Morgan fingerprint density at radius 3 is 2.65 bits per heavy atom. The molecule has 1 N–H and O–H groups in total. The van der Waals surface area contributed by atoms with Crippen LogP contribution in [0.1, 0.15) is 20.8 Å². The van der Waals surface area contributed by atoms with Crippen molar-refractivity contribution in [3.8, 4) is 0 Å². The van der Waals surface area contributed by atoms with E-state index in [0.717, 1.165) is 13.1 Å². The third-order valence-corrected chi connectivity index (χ3v) is 4.48. The smallest absolute Gasteiger partial charge is 0.0449 e. The van der Waals surface area contributed by atoms with Gasteiger partial charge in [-0.15, -0.1) is 0 Å². The van der Waals surface area contributed by atoms with E-state index < -0.39 is 0 Å². The van der Waals surface area contributed by atoms with Gasteiger partial charge in [-0.25, -0.2) is 0 Å². The molecule has 2 unspecified atom stereocenters. The molecule has 1 fully saturated rings. The Balaban J connectivity index is 2.00. The van der Waals surface area contributed by atoms with Crippen molar-refractivity contribution in [2.75, 3.05) is 18.0 Å². The average Bonchev–Trinajstić information content (AvgIpc) is 2.47. The van der Waals surface area contributed by atoms with E-state index in [1.54, 1.807) is 0 Å². The van der Waals surface area contributed by atoms with Crippen LogP contribution in [0.5, 0.6) is 0 Å². The van der Waals surface area contributed by atoms with Crippen LogP contribution in [0.15, 0.2) is 42.5 Å². The lowest BCUT2D eigenvalue weighted by atomic mass is 9.98. The van der Waals surface area contributed by atoms with Crippen LogP contribution in [0, 0.1) is 5.92 Å². The number of anilines is 1. The summed E-state index contributed by atoms with van der Waals surface area (Å²) in [6, 6.07) is 16.4. The quantitative estimate of drug-likeness (QED) is 0.894. The number of hydrogen-bond donors (Lipinski definition) is 1. The predicted octanol–water partition coefficient (Wildman–Crippen LogP) is 3.66. The minimum Gasteiger partial charge on any atom is -0.365 e. The van der Waals surface area contributed by atoms with Crippen LogP contribution in [0.2, 0.25) is 0 Å². The van der Waals surface area contributed by atoms with Crippen LogP contribution in [0.25, 0.3) is 10.8 Å². The number of piperazine rings is 1. The molecular weight excluding hydrogens is 244 g/mol. The molecule has 0 bridgehead atoms. The van der Waals surface area contributed by atoms with E-state index in [2.05, 4.69) is 73.5 Å². The number of nitrogens with zero attached hydrogens (tertiary/aromatic N) is 1. The van der Waals surface area contributed by atoms with Crippen molar-refractivity contribution < 1.29 is 0 Å². The third-order valence-electron chi connectivity index (χ3n) is 4.48. The molecule has 2 nitrogen and oxygen atoms in total. The zero-order valence-electron chi connectivity index (χ0n) is 12.6. The predicted molar refractivity (Wildman–Crippen MR) is 87.4 cm³/mol. The Labute approximate surface area is 121 Å². The summed E-state index contributed by atoms with van der Waals surface area (Å²) in [5.74, 6) is 0.667. The van der Waals surface area contributed by atoms with Crippen LogP contribution in [-0.2, 0) is 0 Å². The maximum absolute atomic E-state index is 3.67. The molecule has 1 heterocycles. The molecule has 1 aliphatic rings. The van der Waals surface area contributed by atoms with Crippen molar-refractivity contribution in [2.24, 2.45) is 5.92 Å². The number of nitrogens with one attached hydrogen (secondary N) is 1. The van der Waals surface area contributed by atoms with Crippen molar-refractivity contribution >= 4 is 16.5 Å². The van der Waals surface area contributed by atoms with Gasteiger partial charge in [-0.1, -0.05) is 50.2 Å². The topological polar surface area (TPSA) is 15.3 Å². The first-order valence-electron chi connectivity index (χ1n) is 7.64. The molecule has 2 aromatic rings. The number of benzene rings is 2. The number of rotatable bonds is 2. The van der Waals surface area contributed by atoms with Crippen molar-refractivity contribution in [1.29, 1.82) is 0 Å². The zero-order chi connectivity index (χ0) is 14.1. The summed E-state index contributed by atoms with van der Waals surface area (Å²) in [5, 5.41) is 6.37. The highest BCUT2D eigenvalue weighted by molar-refractivity contribution is 5.94. The van der Waals surface area contributed by atoms with E-state index in [1.165, 1.54) is 16.5 Å². The molecule has 1 saturated heterocycles. The van der Waals surface area contributed by atoms with Gasteiger partial charge in [0.2, 0.25) is 0 Å². The SMILES string of the molecule is CC(C)C1CN(c2cccc3ccccc23)C(C)CN1. The summed E-state index contributed by atoms with van der Waals surface area (Å²) in [7, 11) is 0. The molecule has 1 aliphatic heterocycles. The second-order valence-electron chi connectivity index (χ2n) is 6.26. The lowest BCUT2D eigenvalue weighted by molar-refractivity contribution is 0.337. The van der Waals surface area contributed by atoms with Crippen LogP contribution in [0.3, 0.4) is 0 Å². The summed E-state index contributed by atoms with van der Waals surface area (Å²) in [5.41, 5.74) is 1.38. The molecule has 0 saturated carbocycles. The summed E-state index contributed by atoms with van der Waals surface area (Å²) in [6.07, 6.45) is 0. The van der Waals surface area contributed by atoms with Gasteiger partial charge in [-0.05, 0) is 24.3 Å². The van der Waals surface area contributed by atoms with Gasteiger partial charge < -0.3 is 10.2 Å². The molecule has 20 heavy (non-hydrogen) atoms. The summed E-state index contributed by atoms with van der Waals surface area (Å²) in [4.78, 5) is 2.57. The van der Waals surface area contributed by atoms with Crippen LogP contribution in [0.4, 0.5) is 5.69 Å². The van der Waals surface area contributed by atoms with Crippen molar-refractivity contribution in [1.82, 2.24) is 5.32 Å². The monoisotopic (exact) mass is 268 g/mol. The first kappa shape index (κ1) is 13.4. The molecule has 0 aliphatic carbocycles. The van der Waals surface area contributed by atoms with Gasteiger partial charge in [0.15, 0.2) is 0 Å². The van der Waals surface area contributed by atoms with Gasteiger partial charge >= 0.3 is 0 Å². The maximum Gasteiger partial charge on any atom is 0.0449 e. The van der Waals surface area contributed by atoms with Crippen LogP contribution < -0.4 is 10.2 Å². The lowest BCUT2D eigenvalue weighted by Crippen LogP contribution is -2.57. The fourth-order valence-electron chi connectivity index (χ4n) is 3.13. The normalized spacial score (nSPS) is 23.5. The van der Waals surface area contributed by atoms with E-state index in [9.17, 15) is 0 Å². The summed E-state index contributed by atoms with van der Waals surface area (Å²) < 4.78 is 0. The molecule has 2 aromatic carbocycles. The van der Waals surface area contributed by atoms with Crippen molar-refractivity contribution in [2.45, 2.75) is 32.9 Å². The largest absolute Gasteiger partial charge is 0.365 e. The van der Waals surface area contributed by atoms with Gasteiger partial charge in [0, 0.05) is 36.2 Å². The van der Waals surface area contributed by atoms with E-state index in [1.807, 2.05) is 0 Å². The maximum atomic E-state index is 3.67. The second-order valence-corrected chi connectivity index (χ2v) is 6.26. The first-order chi connectivity index (χ1) is 9.66. The Kier molecular flexibility index (Phi) is 3.66. The molecule has 0 radical (unpaired) electrons. The molecule has 2 atom stereocenters. The summed E-state index contributed by atoms with van der Waals surface area (Å²) >= 11 is 0. The lowest BCUT2D eigenvalue weighted by Gasteiger charge is -2.42. The Bertz CT molecular complexity index is 585. The Morgan fingerprint density at radius 2 is 1.85 bits per heavy atom. The number of fused-ring (bicyclic) bond motifs is 1. The highest BCUT2D eigenvalue weighted by Crippen LogP contribution is 2.29. The first-order valence-corrected chi connectivity index (χ1v) is 7.64. The van der Waals surface area contributed by atoms with Gasteiger partial charge in [0.1, 0.15) is 0 Å². The van der Waals surface area contributed by atoms with E-state index in [4.69, 9.17) is 0 Å². The van der Waals surface area contributed by atoms with Crippen LogP contribution >= 0.6 is 0 Å². The molecule has 3 rings (SSSR count). The molecule has 2 heteroatoms. The number of hydrogen-bond acceptors (Lipinski definition) is 2.